The number of sulfonamides is 1. The summed E-state index contributed by atoms with van der Waals surface area (Å²) in [5, 5.41) is 3.38. The van der Waals surface area contributed by atoms with Gasteiger partial charge in [-0.1, -0.05) is 11.6 Å². The van der Waals surface area contributed by atoms with Crippen LogP contribution in [0, 0.1) is 5.82 Å². The summed E-state index contributed by atoms with van der Waals surface area (Å²) in [4.78, 5) is 20.3. The second kappa shape index (κ2) is 7.97. The number of amides is 1. The van der Waals surface area contributed by atoms with Gasteiger partial charge in [-0.2, -0.15) is 0 Å². The molecule has 8 nitrogen and oxygen atoms in total. The quantitative estimate of drug-likeness (QED) is 0.472. The first-order valence-corrected chi connectivity index (χ1v) is 10.8. The van der Waals surface area contributed by atoms with Crippen molar-refractivity contribution in [1.82, 2.24) is 14.5 Å². The van der Waals surface area contributed by atoms with Crippen LogP contribution in [0.5, 0.6) is 0 Å². The molecule has 0 bridgehead atoms. The van der Waals surface area contributed by atoms with Crippen molar-refractivity contribution < 1.29 is 17.6 Å². The van der Waals surface area contributed by atoms with Gasteiger partial charge >= 0.3 is 0 Å². The van der Waals surface area contributed by atoms with Crippen LogP contribution in [-0.4, -0.2) is 28.9 Å². The second-order valence-corrected chi connectivity index (χ2v) is 8.66. The third kappa shape index (κ3) is 4.21. The standard InChI is InChI=1S/C20H15ClFN5O3S/c1-27-17(10-12-9-13(22)11-16(21)18(12)27)19(28)25-14-3-5-15(6-4-14)31(29,30)26-20-23-7-2-8-24-20/h2-11H,1H3,(H,25,28)(H,23,24,26). The maximum absolute atomic E-state index is 13.6. The zero-order valence-electron chi connectivity index (χ0n) is 16.0. The van der Waals surface area contributed by atoms with Crippen molar-refractivity contribution in [3.63, 3.8) is 0 Å². The number of halogens is 2. The molecule has 0 saturated carbocycles. The Morgan fingerprint density at radius 1 is 1.10 bits per heavy atom. The molecule has 0 spiro atoms. The number of benzene rings is 2. The molecule has 4 rings (SSSR count). The summed E-state index contributed by atoms with van der Waals surface area (Å²) in [6.45, 7) is 0. The van der Waals surface area contributed by atoms with Crippen molar-refractivity contribution in [1.29, 1.82) is 0 Å². The molecule has 11 heteroatoms. The summed E-state index contributed by atoms with van der Waals surface area (Å²) in [6, 6.07) is 11.2. The Labute approximate surface area is 181 Å². The first-order chi connectivity index (χ1) is 14.7. The molecule has 0 aliphatic rings. The topological polar surface area (TPSA) is 106 Å². The van der Waals surface area contributed by atoms with Crippen LogP contribution in [0.25, 0.3) is 10.9 Å². The Morgan fingerprint density at radius 3 is 2.45 bits per heavy atom. The highest BCUT2D eigenvalue weighted by Gasteiger charge is 2.18. The zero-order valence-corrected chi connectivity index (χ0v) is 17.6. The van der Waals surface area contributed by atoms with E-state index in [0.717, 1.165) is 0 Å². The van der Waals surface area contributed by atoms with E-state index in [-0.39, 0.29) is 21.6 Å². The monoisotopic (exact) mass is 459 g/mol. The van der Waals surface area contributed by atoms with Gasteiger partial charge in [0.25, 0.3) is 15.9 Å². The summed E-state index contributed by atoms with van der Waals surface area (Å²) in [7, 11) is -2.24. The van der Waals surface area contributed by atoms with E-state index in [9.17, 15) is 17.6 Å². The van der Waals surface area contributed by atoms with Crippen molar-refractivity contribution in [2.75, 3.05) is 10.0 Å². The predicted molar refractivity (Wildman–Crippen MR) is 115 cm³/mol. The minimum atomic E-state index is -3.89. The molecule has 0 saturated heterocycles. The summed E-state index contributed by atoms with van der Waals surface area (Å²) >= 11 is 6.10. The number of aryl methyl sites for hydroxylation is 1. The number of rotatable bonds is 5. The molecule has 0 aliphatic heterocycles. The molecule has 0 fully saturated rings. The minimum Gasteiger partial charge on any atom is -0.338 e. The van der Waals surface area contributed by atoms with E-state index in [1.165, 1.54) is 54.9 Å². The van der Waals surface area contributed by atoms with Crippen LogP contribution in [0.15, 0.2) is 65.8 Å². The Kier molecular flexibility index (Phi) is 5.34. The van der Waals surface area contributed by atoms with E-state index in [1.54, 1.807) is 17.7 Å². The molecule has 1 amide bonds. The van der Waals surface area contributed by atoms with E-state index in [1.807, 2.05) is 0 Å². The molecule has 0 radical (unpaired) electrons. The first kappa shape index (κ1) is 20.8. The van der Waals surface area contributed by atoms with Crippen LogP contribution in [0.2, 0.25) is 5.02 Å². The van der Waals surface area contributed by atoms with E-state index >= 15 is 0 Å². The van der Waals surface area contributed by atoms with Gasteiger partial charge in [-0.05, 0) is 48.5 Å². The molecule has 31 heavy (non-hydrogen) atoms. The average molecular weight is 460 g/mol. The van der Waals surface area contributed by atoms with Crippen LogP contribution in [-0.2, 0) is 17.1 Å². The fourth-order valence-electron chi connectivity index (χ4n) is 3.08. The Morgan fingerprint density at radius 2 is 1.77 bits per heavy atom. The third-order valence-electron chi connectivity index (χ3n) is 4.49. The minimum absolute atomic E-state index is 0.0233. The molecule has 2 N–H and O–H groups in total. The molecule has 4 aromatic rings. The van der Waals surface area contributed by atoms with Crippen molar-refractivity contribution in [2.24, 2.45) is 7.05 Å². The van der Waals surface area contributed by atoms with Crippen molar-refractivity contribution >= 4 is 50.1 Å². The number of carbonyl (C=O) groups excluding carboxylic acids is 1. The molecular formula is C20H15ClFN5O3S. The van der Waals surface area contributed by atoms with Crippen molar-refractivity contribution in [3.8, 4) is 0 Å². The van der Waals surface area contributed by atoms with E-state index in [0.29, 0.717) is 16.6 Å². The number of aromatic nitrogens is 3. The lowest BCUT2D eigenvalue weighted by Crippen LogP contribution is -2.16. The van der Waals surface area contributed by atoms with Crippen LogP contribution in [0.4, 0.5) is 16.0 Å². The molecular weight excluding hydrogens is 445 g/mol. The van der Waals surface area contributed by atoms with Gasteiger partial charge in [0.05, 0.1) is 15.4 Å². The molecule has 2 aromatic heterocycles. The molecule has 0 atom stereocenters. The normalized spacial score (nSPS) is 11.5. The number of hydrogen-bond acceptors (Lipinski definition) is 5. The second-order valence-electron chi connectivity index (χ2n) is 6.57. The largest absolute Gasteiger partial charge is 0.338 e. The molecule has 0 aliphatic carbocycles. The molecule has 0 unspecified atom stereocenters. The van der Waals surface area contributed by atoms with Gasteiger partial charge in [0.15, 0.2) is 0 Å². The Balaban J connectivity index is 1.54. The van der Waals surface area contributed by atoms with Gasteiger partial charge in [0, 0.05) is 30.5 Å². The predicted octanol–water partition coefficient (Wildman–Crippen LogP) is 3.81. The van der Waals surface area contributed by atoms with Crippen molar-refractivity contribution in [2.45, 2.75) is 4.90 Å². The lowest BCUT2D eigenvalue weighted by molar-refractivity contribution is 0.101. The molecule has 158 valence electrons. The average Bonchev–Trinajstić information content (AvgIpc) is 3.05. The Hall–Kier alpha value is -3.50. The maximum Gasteiger partial charge on any atom is 0.272 e. The lowest BCUT2D eigenvalue weighted by atomic mass is 10.2. The Bertz CT molecular complexity index is 1390. The highest BCUT2D eigenvalue weighted by atomic mass is 35.5. The van der Waals surface area contributed by atoms with E-state index in [4.69, 9.17) is 11.6 Å². The van der Waals surface area contributed by atoms with Crippen LogP contribution < -0.4 is 10.0 Å². The van der Waals surface area contributed by atoms with Gasteiger partial charge in [0.2, 0.25) is 5.95 Å². The number of nitrogens with zero attached hydrogens (tertiary/aromatic N) is 3. The van der Waals surface area contributed by atoms with E-state index < -0.39 is 21.7 Å². The highest BCUT2D eigenvalue weighted by Crippen LogP contribution is 2.28. The summed E-state index contributed by atoms with van der Waals surface area (Å²) in [5.74, 6) is -1.01. The van der Waals surface area contributed by atoms with Gasteiger partial charge in [-0.15, -0.1) is 0 Å². The summed E-state index contributed by atoms with van der Waals surface area (Å²) in [5.41, 5.74) is 1.17. The lowest BCUT2D eigenvalue weighted by Gasteiger charge is -2.09. The number of hydrogen-bond donors (Lipinski definition) is 2. The first-order valence-electron chi connectivity index (χ1n) is 8.90. The van der Waals surface area contributed by atoms with Crippen molar-refractivity contribution in [3.05, 3.63) is 77.5 Å². The van der Waals surface area contributed by atoms with Crippen LogP contribution in [0.1, 0.15) is 10.5 Å². The van der Waals surface area contributed by atoms with Crippen LogP contribution >= 0.6 is 11.6 Å². The number of carbonyl (C=O) groups is 1. The van der Waals surface area contributed by atoms with E-state index in [2.05, 4.69) is 20.0 Å². The highest BCUT2D eigenvalue weighted by molar-refractivity contribution is 7.92. The fourth-order valence-corrected chi connectivity index (χ4v) is 4.37. The molecule has 2 heterocycles. The summed E-state index contributed by atoms with van der Waals surface area (Å²) in [6.07, 6.45) is 2.83. The zero-order chi connectivity index (χ0) is 22.2. The van der Waals surface area contributed by atoms with Gasteiger partial charge in [-0.25, -0.2) is 27.5 Å². The smallest absolute Gasteiger partial charge is 0.272 e. The summed E-state index contributed by atoms with van der Waals surface area (Å²) < 4.78 is 42.3. The molecule has 2 aromatic carbocycles. The SMILES string of the molecule is Cn1c(C(=O)Nc2ccc(S(=O)(=O)Nc3ncccn3)cc2)cc2cc(F)cc(Cl)c21. The number of fused-ring (bicyclic) bond motifs is 1. The third-order valence-corrected chi connectivity index (χ3v) is 6.13. The fraction of sp³-hybridized carbons (Fsp3) is 0.0500. The number of nitrogens with one attached hydrogen (secondary N) is 2. The maximum atomic E-state index is 13.6. The van der Waals surface area contributed by atoms with Gasteiger partial charge < -0.3 is 9.88 Å². The number of anilines is 2. The van der Waals surface area contributed by atoms with Gasteiger partial charge in [-0.3, -0.25) is 4.79 Å². The van der Waals surface area contributed by atoms with Crippen LogP contribution in [0.3, 0.4) is 0 Å². The van der Waals surface area contributed by atoms with Gasteiger partial charge in [0.1, 0.15) is 11.5 Å².